The zero-order valence-corrected chi connectivity index (χ0v) is 26.1. The smallest absolute Gasteiger partial charge is 0.251 e. The van der Waals surface area contributed by atoms with E-state index in [9.17, 15) is 14.4 Å². The summed E-state index contributed by atoms with van der Waals surface area (Å²) in [5.41, 5.74) is 8.15. The summed E-state index contributed by atoms with van der Waals surface area (Å²) in [6.07, 6.45) is 3.31. The van der Waals surface area contributed by atoms with Gasteiger partial charge in [-0.1, -0.05) is 44.2 Å². The van der Waals surface area contributed by atoms with Gasteiger partial charge in [0.05, 0.1) is 38.6 Å². The molecule has 0 fully saturated rings. The molecule has 46 heavy (non-hydrogen) atoms. The van der Waals surface area contributed by atoms with E-state index in [1.54, 1.807) is 29.1 Å². The van der Waals surface area contributed by atoms with E-state index < -0.39 is 23.9 Å². The molecule has 2 aromatic carbocycles. The summed E-state index contributed by atoms with van der Waals surface area (Å²) in [6, 6.07) is 13.0. The molecule has 14 nitrogen and oxygen atoms in total. The molecule has 242 valence electrons. The first-order valence-corrected chi connectivity index (χ1v) is 15.1. The molecule has 1 aliphatic rings. The number of methoxy groups -OCH3 is 1. The van der Waals surface area contributed by atoms with Crippen LogP contribution < -0.4 is 25.8 Å². The highest BCUT2D eigenvalue weighted by atomic mass is 16.5. The van der Waals surface area contributed by atoms with Crippen molar-refractivity contribution in [2.24, 2.45) is 11.7 Å². The lowest BCUT2D eigenvalue weighted by Gasteiger charge is -2.27. The molecule has 2 atom stereocenters. The first-order chi connectivity index (χ1) is 22.2. The monoisotopic (exact) mass is 629 g/mol. The van der Waals surface area contributed by atoms with E-state index in [-0.39, 0.29) is 44.5 Å². The minimum absolute atomic E-state index is 0.0505. The Balaban J connectivity index is 1.49. The van der Waals surface area contributed by atoms with Gasteiger partial charge in [0.2, 0.25) is 11.8 Å². The first-order valence-electron chi connectivity index (χ1n) is 15.1. The van der Waals surface area contributed by atoms with E-state index in [4.69, 9.17) is 25.3 Å². The molecule has 0 spiro atoms. The van der Waals surface area contributed by atoms with Gasteiger partial charge in [0, 0.05) is 42.5 Å². The van der Waals surface area contributed by atoms with Gasteiger partial charge in [-0.15, -0.1) is 0 Å². The lowest BCUT2D eigenvalue weighted by Crippen LogP contribution is -2.51. The number of hydrogen-bond acceptors (Lipinski definition) is 9. The second kappa shape index (κ2) is 14.7. The number of ether oxygens (including phenoxy) is 2. The number of H-pyrrole nitrogens is 1. The Morgan fingerprint density at radius 3 is 2.65 bits per heavy atom. The normalized spacial score (nSPS) is 16.9. The highest BCUT2D eigenvalue weighted by Crippen LogP contribution is 2.29. The van der Waals surface area contributed by atoms with Crippen molar-refractivity contribution in [3.63, 3.8) is 0 Å². The van der Waals surface area contributed by atoms with Crippen molar-refractivity contribution in [1.29, 1.82) is 0 Å². The summed E-state index contributed by atoms with van der Waals surface area (Å²) in [4.78, 5) is 53.4. The van der Waals surface area contributed by atoms with Gasteiger partial charge in [0.25, 0.3) is 5.91 Å². The van der Waals surface area contributed by atoms with Crippen molar-refractivity contribution in [1.82, 2.24) is 40.3 Å². The molecule has 3 amide bonds. The van der Waals surface area contributed by atoms with E-state index in [2.05, 4.69) is 20.6 Å². The van der Waals surface area contributed by atoms with Crippen LogP contribution >= 0.6 is 0 Å². The maximum atomic E-state index is 13.6. The predicted molar refractivity (Wildman–Crippen MR) is 169 cm³/mol. The van der Waals surface area contributed by atoms with Crippen LogP contribution in [-0.2, 0) is 22.6 Å². The number of carbonyl (C=O) groups is 3. The summed E-state index contributed by atoms with van der Waals surface area (Å²) in [5.74, 6) is 0.604. The number of aromatic amines is 1. The van der Waals surface area contributed by atoms with Crippen molar-refractivity contribution >= 4 is 17.7 Å². The van der Waals surface area contributed by atoms with Crippen molar-refractivity contribution in [2.75, 3.05) is 33.4 Å². The Bertz CT molecular complexity index is 1640. The lowest BCUT2D eigenvalue weighted by atomic mass is 10.0. The number of amides is 3. The maximum absolute atomic E-state index is 13.6. The standard InChI is InChI=1S/C32H39N9O5/c1-20(2)28-30-38-29(21-7-5-4-6-8-21)39-41(30)13-14-46-26-15-22(9-10-25(26)45-3)31(43)35-11-12-40(18-27(42)37-28)32(44)24(33)16-23-17-34-19-36-23/h4-10,15,17,19-20,24,28H,11-14,16,18,33H2,1-3H3,(H,34,36)(H,35,43)(H,37,42)/t24-,28+/m0/s1. The van der Waals surface area contributed by atoms with Gasteiger partial charge in [-0.25, -0.2) is 14.6 Å². The largest absolute Gasteiger partial charge is 0.493 e. The van der Waals surface area contributed by atoms with Crippen molar-refractivity contribution in [3.8, 4) is 22.9 Å². The molecule has 14 heteroatoms. The highest BCUT2D eigenvalue weighted by molar-refractivity contribution is 5.95. The predicted octanol–water partition coefficient (Wildman–Crippen LogP) is 1.71. The molecular formula is C32H39N9O5. The average Bonchev–Trinajstić information content (AvgIpc) is 3.73. The quantitative estimate of drug-likeness (QED) is 0.247. The Morgan fingerprint density at radius 2 is 1.93 bits per heavy atom. The molecule has 2 aromatic heterocycles. The Morgan fingerprint density at radius 1 is 1.13 bits per heavy atom. The molecule has 0 aliphatic carbocycles. The third-order valence-corrected chi connectivity index (χ3v) is 7.61. The van der Waals surface area contributed by atoms with E-state index in [0.29, 0.717) is 40.9 Å². The van der Waals surface area contributed by atoms with Crippen molar-refractivity contribution < 1.29 is 23.9 Å². The van der Waals surface area contributed by atoms with Gasteiger partial charge in [-0.05, 0) is 24.1 Å². The van der Waals surface area contributed by atoms with Gasteiger partial charge >= 0.3 is 0 Å². The molecule has 2 bridgehead atoms. The average molecular weight is 630 g/mol. The molecule has 0 unspecified atom stereocenters. The number of hydrogen-bond donors (Lipinski definition) is 4. The second-order valence-electron chi connectivity index (χ2n) is 11.3. The molecule has 1 aliphatic heterocycles. The molecule has 5 N–H and O–H groups in total. The summed E-state index contributed by atoms with van der Waals surface area (Å²) in [7, 11) is 1.53. The van der Waals surface area contributed by atoms with E-state index in [1.165, 1.54) is 18.3 Å². The third kappa shape index (κ3) is 7.69. The molecule has 4 aromatic rings. The molecule has 5 rings (SSSR count). The van der Waals surface area contributed by atoms with Crippen molar-refractivity contribution in [2.45, 2.75) is 38.9 Å². The zero-order valence-electron chi connectivity index (χ0n) is 26.1. The number of aromatic nitrogens is 5. The van der Waals surface area contributed by atoms with E-state index in [0.717, 1.165) is 5.56 Å². The summed E-state index contributed by atoms with van der Waals surface area (Å²) in [5, 5.41) is 10.7. The highest BCUT2D eigenvalue weighted by Gasteiger charge is 2.29. The number of rotatable bonds is 6. The van der Waals surface area contributed by atoms with Crippen molar-refractivity contribution in [3.05, 3.63) is 78.1 Å². The van der Waals surface area contributed by atoms with Gasteiger partial charge in [-0.3, -0.25) is 14.4 Å². The van der Waals surface area contributed by atoms with Crippen LogP contribution in [0.1, 0.15) is 41.8 Å². The van der Waals surface area contributed by atoms with E-state index >= 15 is 0 Å². The number of carbonyl (C=O) groups excluding carboxylic acids is 3. The summed E-state index contributed by atoms with van der Waals surface area (Å²) < 4.78 is 13.3. The Kier molecular flexibility index (Phi) is 10.3. The Labute approximate surface area is 266 Å². The number of fused-ring (bicyclic) bond motifs is 3. The lowest BCUT2D eigenvalue weighted by molar-refractivity contribution is -0.137. The fraction of sp³-hybridized carbons (Fsp3) is 0.375. The molecule has 3 heterocycles. The van der Waals surface area contributed by atoms with Gasteiger partial charge < -0.3 is 35.7 Å². The minimum Gasteiger partial charge on any atom is -0.493 e. The van der Waals surface area contributed by atoms with Crippen LogP contribution in [0.2, 0.25) is 0 Å². The molecule has 0 saturated carbocycles. The number of nitrogens with one attached hydrogen (secondary N) is 3. The molecule has 0 saturated heterocycles. The topological polar surface area (TPSA) is 182 Å². The van der Waals surface area contributed by atoms with Gasteiger partial charge in [-0.2, -0.15) is 5.10 Å². The second-order valence-corrected chi connectivity index (χ2v) is 11.3. The number of nitrogens with zero attached hydrogens (tertiary/aromatic N) is 5. The SMILES string of the molecule is COc1ccc2cc1OCCn1nc(-c3ccccc3)nc1[C@@H](C(C)C)NC(=O)CN(C(=O)[C@@H](N)Cc1cnc[nH]1)CCNC2=O. The first kappa shape index (κ1) is 32.2. The molecule has 0 radical (unpaired) electrons. The van der Waals surface area contributed by atoms with Crippen LogP contribution in [0.15, 0.2) is 61.1 Å². The van der Waals surface area contributed by atoms with Crippen LogP contribution in [0.25, 0.3) is 11.4 Å². The van der Waals surface area contributed by atoms with Crippen LogP contribution in [0.3, 0.4) is 0 Å². The zero-order chi connectivity index (χ0) is 32.6. The minimum atomic E-state index is -0.934. The third-order valence-electron chi connectivity index (χ3n) is 7.61. The maximum Gasteiger partial charge on any atom is 0.251 e. The van der Waals surface area contributed by atoms with Crippen LogP contribution in [0.5, 0.6) is 11.5 Å². The van der Waals surface area contributed by atoms with Crippen LogP contribution in [0, 0.1) is 5.92 Å². The van der Waals surface area contributed by atoms with Crippen LogP contribution in [0.4, 0.5) is 0 Å². The molecular weight excluding hydrogens is 590 g/mol. The Hall–Kier alpha value is -5.24. The van der Waals surface area contributed by atoms with Crippen LogP contribution in [-0.4, -0.2) is 86.7 Å². The number of imidazole rings is 1. The van der Waals surface area contributed by atoms with Gasteiger partial charge in [0.1, 0.15) is 6.61 Å². The van der Waals surface area contributed by atoms with E-state index in [1.807, 2.05) is 44.2 Å². The fourth-order valence-electron chi connectivity index (χ4n) is 5.18. The fourth-order valence-corrected chi connectivity index (χ4v) is 5.18. The number of nitrogens with two attached hydrogens (primary N) is 1. The summed E-state index contributed by atoms with van der Waals surface area (Å²) in [6.45, 7) is 4.28. The number of benzene rings is 2. The van der Waals surface area contributed by atoms with Gasteiger partial charge in [0.15, 0.2) is 23.1 Å². The summed E-state index contributed by atoms with van der Waals surface area (Å²) >= 11 is 0.